The second-order valence-electron chi connectivity index (χ2n) is 7.14. The molecular weight excluding hydrogens is 310 g/mol. The molecule has 0 bridgehead atoms. The van der Waals surface area contributed by atoms with Gasteiger partial charge in [-0.2, -0.15) is 0 Å². The molecule has 1 fully saturated rings. The number of benzene rings is 1. The monoisotopic (exact) mass is 335 g/mol. The topological polar surface area (TPSA) is 75.9 Å². The fourth-order valence-corrected chi connectivity index (χ4v) is 2.88. The summed E-state index contributed by atoms with van der Waals surface area (Å²) in [5.74, 6) is 0. The maximum atomic E-state index is 12.1. The Balaban J connectivity index is 2.05. The van der Waals surface area contributed by atoms with E-state index in [0.717, 1.165) is 5.69 Å². The van der Waals surface area contributed by atoms with Crippen molar-refractivity contribution >= 4 is 17.5 Å². The van der Waals surface area contributed by atoms with Crippen molar-refractivity contribution in [3.63, 3.8) is 0 Å². The highest BCUT2D eigenvalue weighted by Gasteiger charge is 2.26. The highest BCUT2D eigenvalue weighted by atomic mass is 16.6. The zero-order chi connectivity index (χ0) is 18.1. The van der Waals surface area contributed by atoms with Crippen LogP contribution in [-0.2, 0) is 4.74 Å². The van der Waals surface area contributed by atoms with Gasteiger partial charge in [-0.25, -0.2) is 4.79 Å². The lowest BCUT2D eigenvalue weighted by atomic mass is 10.1. The van der Waals surface area contributed by atoms with Crippen LogP contribution in [0, 0.1) is 24.0 Å². The van der Waals surface area contributed by atoms with Crippen LogP contribution in [0.15, 0.2) is 12.1 Å². The van der Waals surface area contributed by atoms with E-state index in [-0.39, 0.29) is 16.7 Å². The standard InChI is InChI=1S/C17H25N3O4/c1-12-10-14(11-13(2)15(12)20(22)23)18-6-8-19(9-7-18)16(21)24-17(3,4)5/h10-11H,6-9H2,1-5H3. The molecule has 1 aliphatic heterocycles. The van der Waals surface area contributed by atoms with Crippen molar-refractivity contribution in [2.24, 2.45) is 0 Å². The molecule has 1 aromatic rings. The molecule has 132 valence electrons. The Morgan fingerprint density at radius 3 is 2.04 bits per heavy atom. The molecule has 0 aliphatic carbocycles. The Bertz CT molecular complexity index is 621. The smallest absolute Gasteiger partial charge is 0.410 e. The van der Waals surface area contributed by atoms with Crippen LogP contribution in [0.3, 0.4) is 0 Å². The molecular formula is C17H25N3O4. The fraction of sp³-hybridized carbons (Fsp3) is 0.588. The lowest BCUT2D eigenvalue weighted by Crippen LogP contribution is -2.50. The second-order valence-corrected chi connectivity index (χ2v) is 7.14. The number of ether oxygens (including phenoxy) is 1. The summed E-state index contributed by atoms with van der Waals surface area (Å²) in [6.45, 7) is 11.6. The summed E-state index contributed by atoms with van der Waals surface area (Å²) >= 11 is 0. The molecule has 0 atom stereocenters. The fourth-order valence-electron chi connectivity index (χ4n) is 2.88. The molecule has 0 saturated carbocycles. The highest BCUT2D eigenvalue weighted by molar-refractivity contribution is 5.69. The van der Waals surface area contributed by atoms with E-state index in [1.54, 1.807) is 18.7 Å². The van der Waals surface area contributed by atoms with Crippen molar-refractivity contribution in [3.05, 3.63) is 33.4 Å². The molecule has 1 amide bonds. The van der Waals surface area contributed by atoms with Crippen molar-refractivity contribution in [2.45, 2.75) is 40.2 Å². The number of amides is 1. The van der Waals surface area contributed by atoms with Gasteiger partial charge in [-0.3, -0.25) is 10.1 Å². The summed E-state index contributed by atoms with van der Waals surface area (Å²) in [4.78, 5) is 26.7. The molecule has 7 heteroatoms. The first-order chi connectivity index (χ1) is 11.1. The van der Waals surface area contributed by atoms with E-state index in [2.05, 4.69) is 4.90 Å². The van der Waals surface area contributed by atoms with Crippen LogP contribution in [0.2, 0.25) is 0 Å². The van der Waals surface area contributed by atoms with Gasteiger partial charge in [-0.15, -0.1) is 0 Å². The predicted octanol–water partition coefficient (Wildman–Crippen LogP) is 3.27. The Labute approximate surface area is 142 Å². The molecule has 2 rings (SSSR count). The average molecular weight is 335 g/mol. The van der Waals surface area contributed by atoms with E-state index < -0.39 is 5.60 Å². The minimum Gasteiger partial charge on any atom is -0.444 e. The van der Waals surface area contributed by atoms with Crippen LogP contribution in [-0.4, -0.2) is 47.7 Å². The molecule has 0 aromatic heterocycles. The van der Waals surface area contributed by atoms with E-state index in [4.69, 9.17) is 4.74 Å². The molecule has 0 unspecified atom stereocenters. The van der Waals surface area contributed by atoms with Crippen molar-refractivity contribution in [2.75, 3.05) is 31.1 Å². The van der Waals surface area contributed by atoms with Gasteiger partial charge in [0.2, 0.25) is 0 Å². The SMILES string of the molecule is Cc1cc(N2CCN(C(=O)OC(C)(C)C)CC2)cc(C)c1[N+](=O)[O-]. The molecule has 1 aliphatic rings. The van der Waals surface area contributed by atoms with Gasteiger partial charge >= 0.3 is 6.09 Å². The van der Waals surface area contributed by atoms with Crippen LogP contribution in [0.25, 0.3) is 0 Å². The van der Waals surface area contributed by atoms with Crippen molar-refractivity contribution in [1.29, 1.82) is 0 Å². The lowest BCUT2D eigenvalue weighted by Gasteiger charge is -2.37. The van der Waals surface area contributed by atoms with Gasteiger partial charge in [0, 0.05) is 43.0 Å². The van der Waals surface area contributed by atoms with E-state index in [0.29, 0.717) is 37.3 Å². The number of carbonyl (C=O) groups is 1. The van der Waals surface area contributed by atoms with Crippen LogP contribution >= 0.6 is 0 Å². The summed E-state index contributed by atoms with van der Waals surface area (Å²) in [5.41, 5.74) is 1.94. The largest absolute Gasteiger partial charge is 0.444 e. The summed E-state index contributed by atoms with van der Waals surface area (Å²) in [6.07, 6.45) is -0.293. The third-order valence-electron chi connectivity index (χ3n) is 3.95. The van der Waals surface area contributed by atoms with Gasteiger partial charge in [-0.05, 0) is 46.8 Å². The Morgan fingerprint density at radius 1 is 1.12 bits per heavy atom. The number of carbonyl (C=O) groups excluding carboxylic acids is 1. The molecule has 0 radical (unpaired) electrons. The molecule has 24 heavy (non-hydrogen) atoms. The number of nitro benzene ring substituents is 1. The van der Waals surface area contributed by atoms with Gasteiger partial charge in [0.25, 0.3) is 5.69 Å². The van der Waals surface area contributed by atoms with E-state index in [1.165, 1.54) is 0 Å². The Hall–Kier alpha value is -2.31. The minimum atomic E-state index is -0.499. The normalized spacial score (nSPS) is 15.4. The third kappa shape index (κ3) is 4.15. The lowest BCUT2D eigenvalue weighted by molar-refractivity contribution is -0.386. The van der Waals surface area contributed by atoms with Crippen LogP contribution in [0.1, 0.15) is 31.9 Å². The number of aryl methyl sites for hydroxylation is 2. The quantitative estimate of drug-likeness (QED) is 0.612. The first kappa shape index (κ1) is 18.0. The summed E-state index contributed by atoms with van der Waals surface area (Å²) in [6, 6.07) is 3.68. The van der Waals surface area contributed by atoms with Crippen molar-refractivity contribution in [3.8, 4) is 0 Å². The number of piperazine rings is 1. The number of nitrogens with zero attached hydrogens (tertiary/aromatic N) is 3. The van der Waals surface area contributed by atoms with Gasteiger partial charge in [0.05, 0.1) is 4.92 Å². The van der Waals surface area contributed by atoms with Crippen LogP contribution in [0.5, 0.6) is 0 Å². The van der Waals surface area contributed by atoms with Gasteiger partial charge in [-0.1, -0.05) is 0 Å². The number of hydrogen-bond donors (Lipinski definition) is 0. The zero-order valence-corrected chi connectivity index (χ0v) is 15.0. The first-order valence-corrected chi connectivity index (χ1v) is 8.07. The van der Waals surface area contributed by atoms with Crippen LogP contribution < -0.4 is 4.90 Å². The summed E-state index contributed by atoms with van der Waals surface area (Å²) in [5, 5.41) is 11.1. The van der Waals surface area contributed by atoms with Crippen molar-refractivity contribution in [1.82, 2.24) is 4.90 Å². The first-order valence-electron chi connectivity index (χ1n) is 8.07. The number of hydrogen-bond acceptors (Lipinski definition) is 5. The number of nitro groups is 1. The van der Waals surface area contributed by atoms with Gasteiger partial charge < -0.3 is 14.5 Å². The highest BCUT2D eigenvalue weighted by Crippen LogP contribution is 2.29. The van der Waals surface area contributed by atoms with E-state index >= 15 is 0 Å². The van der Waals surface area contributed by atoms with E-state index in [1.807, 2.05) is 32.9 Å². The second kappa shape index (κ2) is 6.67. The molecule has 0 N–H and O–H groups in total. The Morgan fingerprint density at radius 2 is 1.62 bits per heavy atom. The number of rotatable bonds is 2. The van der Waals surface area contributed by atoms with Gasteiger partial charge in [0.1, 0.15) is 5.60 Å². The molecule has 1 heterocycles. The number of anilines is 1. The minimum absolute atomic E-state index is 0.172. The van der Waals surface area contributed by atoms with Crippen molar-refractivity contribution < 1.29 is 14.5 Å². The van der Waals surface area contributed by atoms with E-state index in [9.17, 15) is 14.9 Å². The molecule has 7 nitrogen and oxygen atoms in total. The molecule has 1 saturated heterocycles. The zero-order valence-electron chi connectivity index (χ0n) is 15.0. The van der Waals surface area contributed by atoms with Crippen LogP contribution in [0.4, 0.5) is 16.2 Å². The third-order valence-corrected chi connectivity index (χ3v) is 3.95. The predicted molar refractivity (Wildman–Crippen MR) is 92.6 cm³/mol. The van der Waals surface area contributed by atoms with Gasteiger partial charge in [0.15, 0.2) is 0 Å². The summed E-state index contributed by atoms with van der Waals surface area (Å²) in [7, 11) is 0. The summed E-state index contributed by atoms with van der Waals surface area (Å²) < 4.78 is 5.39. The maximum absolute atomic E-state index is 12.1. The average Bonchev–Trinajstić information content (AvgIpc) is 2.44. The molecule has 1 aromatic carbocycles. The Kier molecular flexibility index (Phi) is 5.01. The molecule has 0 spiro atoms. The maximum Gasteiger partial charge on any atom is 0.410 e.